The first-order valence-corrected chi connectivity index (χ1v) is 11.1. The van der Waals surface area contributed by atoms with E-state index >= 15 is 0 Å². The number of hydrogen-bond donors (Lipinski definition) is 1. The van der Waals surface area contributed by atoms with E-state index in [2.05, 4.69) is 55.8 Å². The molecule has 10 heteroatoms. The zero-order valence-electron chi connectivity index (χ0n) is 16.6. The third kappa shape index (κ3) is 3.95. The van der Waals surface area contributed by atoms with Crippen molar-refractivity contribution in [3.05, 3.63) is 28.8 Å². The zero-order chi connectivity index (χ0) is 20.5. The molecule has 1 N–H and O–H groups in total. The van der Waals surface area contributed by atoms with Crippen LogP contribution in [0.3, 0.4) is 0 Å². The highest BCUT2D eigenvalue weighted by atomic mass is 32.2. The van der Waals surface area contributed by atoms with E-state index in [1.54, 1.807) is 0 Å². The molecular formula is C19H21N7OS2. The van der Waals surface area contributed by atoms with Crippen LogP contribution in [-0.4, -0.2) is 41.6 Å². The highest BCUT2D eigenvalue weighted by Crippen LogP contribution is 2.27. The summed E-state index contributed by atoms with van der Waals surface area (Å²) in [5, 5.41) is 22.4. The maximum absolute atomic E-state index is 12.2. The van der Waals surface area contributed by atoms with Crippen molar-refractivity contribution >= 4 is 56.2 Å². The number of benzene rings is 1. The lowest BCUT2D eigenvalue weighted by Gasteiger charge is -2.01. The summed E-state index contributed by atoms with van der Waals surface area (Å²) >= 11 is 2.64. The van der Waals surface area contributed by atoms with Crippen molar-refractivity contribution in [3.63, 3.8) is 0 Å². The molecule has 0 aliphatic rings. The minimum absolute atomic E-state index is 0.171. The molecule has 0 radical (unpaired) electrons. The summed E-state index contributed by atoms with van der Waals surface area (Å²) in [6.07, 6.45) is 0.962. The minimum Gasteiger partial charge on any atom is -0.327 e. The van der Waals surface area contributed by atoms with Gasteiger partial charge in [-0.25, -0.2) is 4.98 Å². The fourth-order valence-electron chi connectivity index (χ4n) is 2.98. The summed E-state index contributed by atoms with van der Waals surface area (Å²) in [5.41, 5.74) is 3.86. The lowest BCUT2D eigenvalue weighted by atomic mass is 10.1. The summed E-state index contributed by atoms with van der Waals surface area (Å²) in [5.74, 6) is 0.288. The van der Waals surface area contributed by atoms with Crippen molar-refractivity contribution in [3.8, 4) is 0 Å². The Balaban J connectivity index is 1.50. The van der Waals surface area contributed by atoms with Gasteiger partial charge < -0.3 is 4.57 Å². The first-order chi connectivity index (χ1) is 14.0. The summed E-state index contributed by atoms with van der Waals surface area (Å²) in [4.78, 5) is 16.9. The molecule has 0 saturated heterocycles. The summed E-state index contributed by atoms with van der Waals surface area (Å²) < 4.78 is 2.01. The summed E-state index contributed by atoms with van der Waals surface area (Å²) in [6.45, 7) is 6.21. The van der Waals surface area contributed by atoms with Gasteiger partial charge in [0.15, 0.2) is 5.65 Å². The third-order valence-electron chi connectivity index (χ3n) is 4.57. The Morgan fingerprint density at radius 1 is 1.24 bits per heavy atom. The second kappa shape index (κ2) is 8.03. The molecule has 1 aromatic carbocycles. The van der Waals surface area contributed by atoms with Crippen molar-refractivity contribution in [2.75, 3.05) is 11.1 Å². The summed E-state index contributed by atoms with van der Waals surface area (Å²) in [7, 11) is 1.97. The summed E-state index contributed by atoms with van der Waals surface area (Å²) in [6, 6.07) is 6.35. The number of anilines is 1. The lowest BCUT2D eigenvalue weighted by Crippen LogP contribution is -2.14. The number of rotatable bonds is 6. The molecule has 0 aliphatic heterocycles. The van der Waals surface area contributed by atoms with Gasteiger partial charge in [0.1, 0.15) is 10.5 Å². The molecular weight excluding hydrogens is 406 g/mol. The Labute approximate surface area is 176 Å². The van der Waals surface area contributed by atoms with Crippen molar-refractivity contribution in [2.45, 2.75) is 38.3 Å². The minimum atomic E-state index is -0.171. The average Bonchev–Trinajstić information content (AvgIpc) is 3.29. The van der Waals surface area contributed by atoms with E-state index in [0.717, 1.165) is 33.5 Å². The topological polar surface area (TPSA) is 98.5 Å². The monoisotopic (exact) mass is 427 g/mol. The highest BCUT2D eigenvalue weighted by Gasteiger charge is 2.15. The van der Waals surface area contributed by atoms with Crippen LogP contribution in [-0.2, 0) is 18.3 Å². The molecule has 0 fully saturated rings. The van der Waals surface area contributed by atoms with Crippen LogP contribution < -0.4 is 5.32 Å². The Bertz CT molecular complexity index is 1200. The molecule has 0 atom stereocenters. The standard InChI is InChI=1S/C19H21N7OS2/c1-5-11-6-7-13-12(8-11)15-16(26(13)4)21-18(24-22-15)28-9-14(27)20-19-25-23-17(29-19)10(2)3/h6-8,10H,5,9H2,1-4H3,(H,20,25,27). The normalized spacial score (nSPS) is 11.6. The molecule has 0 saturated carbocycles. The van der Waals surface area contributed by atoms with Gasteiger partial charge in [-0.2, -0.15) is 0 Å². The van der Waals surface area contributed by atoms with Gasteiger partial charge in [-0.15, -0.1) is 20.4 Å². The van der Waals surface area contributed by atoms with E-state index in [1.807, 2.05) is 25.5 Å². The van der Waals surface area contributed by atoms with Gasteiger partial charge in [0.25, 0.3) is 0 Å². The average molecular weight is 428 g/mol. The van der Waals surface area contributed by atoms with E-state index in [4.69, 9.17) is 0 Å². The first-order valence-electron chi connectivity index (χ1n) is 9.34. The number of nitrogens with one attached hydrogen (secondary N) is 1. The molecule has 0 aliphatic carbocycles. The molecule has 4 rings (SSSR count). The quantitative estimate of drug-likeness (QED) is 0.468. The van der Waals surface area contributed by atoms with E-state index in [9.17, 15) is 4.79 Å². The van der Waals surface area contributed by atoms with E-state index in [-0.39, 0.29) is 17.6 Å². The van der Waals surface area contributed by atoms with Crippen molar-refractivity contribution < 1.29 is 4.79 Å². The van der Waals surface area contributed by atoms with Gasteiger partial charge >= 0.3 is 0 Å². The van der Waals surface area contributed by atoms with Gasteiger partial charge in [0, 0.05) is 18.4 Å². The van der Waals surface area contributed by atoms with Crippen molar-refractivity contribution in [2.24, 2.45) is 7.05 Å². The van der Waals surface area contributed by atoms with Crippen LogP contribution in [0.4, 0.5) is 5.13 Å². The van der Waals surface area contributed by atoms with Gasteiger partial charge in [0.05, 0.1) is 11.3 Å². The van der Waals surface area contributed by atoms with E-state index in [1.165, 1.54) is 28.7 Å². The van der Waals surface area contributed by atoms with Crippen molar-refractivity contribution in [1.82, 2.24) is 29.9 Å². The Morgan fingerprint density at radius 2 is 2.07 bits per heavy atom. The molecule has 3 heterocycles. The SMILES string of the molecule is CCc1ccc2c(c1)c1nnc(SCC(=O)Nc3nnc(C(C)C)s3)nc1n2C. The Morgan fingerprint density at radius 3 is 2.79 bits per heavy atom. The van der Waals surface area contributed by atoms with E-state index in [0.29, 0.717) is 10.3 Å². The van der Waals surface area contributed by atoms with Crippen LogP contribution in [0.25, 0.3) is 22.1 Å². The molecule has 150 valence electrons. The van der Waals surface area contributed by atoms with Crippen LogP contribution in [0.15, 0.2) is 23.4 Å². The smallest absolute Gasteiger partial charge is 0.236 e. The van der Waals surface area contributed by atoms with Gasteiger partial charge in [-0.1, -0.05) is 49.9 Å². The number of aromatic nitrogens is 6. The molecule has 29 heavy (non-hydrogen) atoms. The van der Waals surface area contributed by atoms with Gasteiger partial charge in [-0.05, 0) is 24.1 Å². The number of amides is 1. The molecule has 0 unspecified atom stereocenters. The number of nitrogens with zero attached hydrogens (tertiary/aromatic N) is 6. The molecule has 0 bridgehead atoms. The zero-order valence-corrected chi connectivity index (χ0v) is 18.3. The first kappa shape index (κ1) is 19.7. The van der Waals surface area contributed by atoms with Gasteiger partial charge in [-0.3, -0.25) is 10.1 Å². The number of thioether (sulfide) groups is 1. The maximum atomic E-state index is 12.2. The Kier molecular flexibility index (Phi) is 5.46. The third-order valence-corrected chi connectivity index (χ3v) is 6.54. The predicted molar refractivity (Wildman–Crippen MR) is 117 cm³/mol. The largest absolute Gasteiger partial charge is 0.327 e. The molecule has 0 spiro atoms. The van der Waals surface area contributed by atoms with Crippen molar-refractivity contribution in [1.29, 1.82) is 0 Å². The number of hydrogen-bond acceptors (Lipinski definition) is 8. The number of carbonyl (C=O) groups excluding carboxylic acids is 1. The number of carbonyl (C=O) groups is 1. The van der Waals surface area contributed by atoms with Gasteiger partial charge in [0.2, 0.25) is 16.2 Å². The van der Waals surface area contributed by atoms with Crippen LogP contribution in [0.5, 0.6) is 0 Å². The van der Waals surface area contributed by atoms with Crippen LogP contribution in [0.1, 0.15) is 37.3 Å². The predicted octanol–water partition coefficient (Wildman–Crippen LogP) is 3.78. The second-order valence-electron chi connectivity index (χ2n) is 6.97. The van der Waals surface area contributed by atoms with Crippen LogP contribution in [0.2, 0.25) is 0 Å². The highest BCUT2D eigenvalue weighted by molar-refractivity contribution is 7.99. The number of aryl methyl sites for hydroxylation is 2. The molecule has 1 amide bonds. The maximum Gasteiger partial charge on any atom is 0.236 e. The number of fused-ring (bicyclic) bond motifs is 3. The molecule has 8 nitrogen and oxygen atoms in total. The molecule has 3 aromatic heterocycles. The fraction of sp³-hybridized carbons (Fsp3) is 0.368. The lowest BCUT2D eigenvalue weighted by molar-refractivity contribution is -0.113. The van der Waals surface area contributed by atoms with E-state index < -0.39 is 0 Å². The fourth-order valence-corrected chi connectivity index (χ4v) is 4.32. The van der Waals surface area contributed by atoms with Crippen LogP contribution in [0, 0.1) is 0 Å². The molecule has 4 aromatic rings. The van der Waals surface area contributed by atoms with Crippen LogP contribution >= 0.6 is 23.1 Å². The second-order valence-corrected chi connectivity index (χ2v) is 8.92. The Hall–Kier alpha value is -2.59.